The molecule has 1 amide bonds. The Balaban J connectivity index is 2.13. The minimum atomic E-state index is -0.881. The number of nitrogens with one attached hydrogen (secondary N) is 2. The van der Waals surface area contributed by atoms with Gasteiger partial charge in [0.2, 0.25) is 0 Å². The van der Waals surface area contributed by atoms with E-state index in [0.29, 0.717) is 31.0 Å². The highest BCUT2D eigenvalue weighted by atomic mass is 16.4. The van der Waals surface area contributed by atoms with Crippen molar-refractivity contribution in [3.8, 4) is 0 Å². The van der Waals surface area contributed by atoms with E-state index < -0.39 is 12.0 Å². The molecule has 3 N–H and O–H groups in total. The van der Waals surface area contributed by atoms with Gasteiger partial charge in [-0.2, -0.15) is 0 Å². The van der Waals surface area contributed by atoms with Crippen LogP contribution in [0.4, 0.5) is 5.82 Å². The fourth-order valence-electron chi connectivity index (χ4n) is 2.20. The van der Waals surface area contributed by atoms with Crippen LogP contribution in [0.2, 0.25) is 0 Å². The summed E-state index contributed by atoms with van der Waals surface area (Å²) in [4.78, 5) is 29.2. The molecule has 7 heteroatoms. The molecule has 114 valence electrons. The first kappa shape index (κ1) is 15.2. The number of rotatable bonds is 4. The van der Waals surface area contributed by atoms with E-state index in [9.17, 15) is 9.59 Å². The van der Waals surface area contributed by atoms with E-state index in [1.807, 2.05) is 18.7 Å². The van der Waals surface area contributed by atoms with E-state index in [1.54, 1.807) is 18.3 Å². The van der Waals surface area contributed by atoms with E-state index >= 15 is 0 Å². The lowest BCUT2D eigenvalue weighted by molar-refractivity contribution is -0.139. The maximum atomic E-state index is 12.0. The van der Waals surface area contributed by atoms with E-state index in [-0.39, 0.29) is 11.9 Å². The molecule has 0 bridgehead atoms. The Labute approximate surface area is 123 Å². The summed E-state index contributed by atoms with van der Waals surface area (Å²) in [7, 11) is 0. The van der Waals surface area contributed by atoms with Crippen molar-refractivity contribution in [1.82, 2.24) is 15.6 Å². The molecule has 1 aliphatic rings. The first-order valence-electron chi connectivity index (χ1n) is 6.95. The second-order valence-corrected chi connectivity index (χ2v) is 5.32. The molecule has 1 fully saturated rings. The molecule has 1 aromatic heterocycles. The van der Waals surface area contributed by atoms with Gasteiger partial charge in [-0.1, -0.05) is 0 Å². The highest BCUT2D eigenvalue weighted by Crippen LogP contribution is 2.15. The molecule has 0 aliphatic carbocycles. The predicted molar refractivity (Wildman–Crippen MR) is 78.5 cm³/mol. The Morgan fingerprint density at radius 3 is 2.95 bits per heavy atom. The van der Waals surface area contributed by atoms with Crippen molar-refractivity contribution < 1.29 is 14.7 Å². The molecule has 2 rings (SSSR count). The highest BCUT2D eigenvalue weighted by Gasteiger charge is 2.25. The lowest BCUT2D eigenvalue weighted by Crippen LogP contribution is -2.54. The Kier molecular flexibility index (Phi) is 4.74. The first-order valence-corrected chi connectivity index (χ1v) is 6.95. The molecular weight excluding hydrogens is 272 g/mol. The van der Waals surface area contributed by atoms with Crippen LogP contribution >= 0.6 is 0 Å². The SMILES string of the molecule is CC(C)NC(=O)c1ccnc(N2CCNC(C(=O)O)C2)c1. The largest absolute Gasteiger partial charge is 0.480 e. The number of hydrogen-bond acceptors (Lipinski definition) is 5. The number of pyridine rings is 1. The number of anilines is 1. The number of aliphatic carboxylic acids is 1. The lowest BCUT2D eigenvalue weighted by atomic mass is 10.2. The molecule has 2 heterocycles. The summed E-state index contributed by atoms with van der Waals surface area (Å²) in [6, 6.07) is 2.79. The number of aromatic nitrogens is 1. The van der Waals surface area contributed by atoms with Crippen molar-refractivity contribution >= 4 is 17.7 Å². The van der Waals surface area contributed by atoms with Crippen LogP contribution in [0.3, 0.4) is 0 Å². The van der Waals surface area contributed by atoms with Crippen molar-refractivity contribution in [1.29, 1.82) is 0 Å². The molecule has 21 heavy (non-hydrogen) atoms. The van der Waals surface area contributed by atoms with Crippen molar-refractivity contribution in [2.45, 2.75) is 25.9 Å². The van der Waals surface area contributed by atoms with Crippen LogP contribution in [0.15, 0.2) is 18.3 Å². The molecule has 1 aromatic rings. The normalized spacial score (nSPS) is 18.6. The summed E-state index contributed by atoms with van der Waals surface area (Å²) < 4.78 is 0. The Bertz CT molecular complexity index is 533. The zero-order valence-corrected chi connectivity index (χ0v) is 12.2. The number of piperazine rings is 1. The average Bonchev–Trinajstić information content (AvgIpc) is 2.47. The molecule has 0 saturated carbocycles. The van der Waals surface area contributed by atoms with Gasteiger partial charge < -0.3 is 20.6 Å². The molecule has 1 aliphatic heterocycles. The molecule has 0 radical (unpaired) electrons. The third-order valence-electron chi connectivity index (χ3n) is 3.22. The van der Waals surface area contributed by atoms with Gasteiger partial charge in [0.25, 0.3) is 5.91 Å². The number of carboxylic acids is 1. The summed E-state index contributed by atoms with van der Waals surface area (Å²) in [6.45, 7) is 5.35. The second-order valence-electron chi connectivity index (χ2n) is 5.32. The van der Waals surface area contributed by atoms with Crippen LogP contribution < -0.4 is 15.5 Å². The lowest BCUT2D eigenvalue weighted by Gasteiger charge is -2.32. The van der Waals surface area contributed by atoms with Crippen molar-refractivity contribution in [2.75, 3.05) is 24.5 Å². The van der Waals surface area contributed by atoms with Crippen LogP contribution in [-0.4, -0.2) is 53.7 Å². The van der Waals surface area contributed by atoms with Crippen LogP contribution in [0, 0.1) is 0 Å². The van der Waals surface area contributed by atoms with Gasteiger partial charge in [-0.15, -0.1) is 0 Å². The molecule has 7 nitrogen and oxygen atoms in total. The number of carboxylic acid groups (broad SMARTS) is 1. The van der Waals surface area contributed by atoms with Crippen molar-refractivity contribution in [3.63, 3.8) is 0 Å². The van der Waals surface area contributed by atoms with Gasteiger partial charge in [0.1, 0.15) is 11.9 Å². The number of nitrogens with zero attached hydrogens (tertiary/aromatic N) is 2. The van der Waals surface area contributed by atoms with Gasteiger partial charge in [0.05, 0.1) is 0 Å². The van der Waals surface area contributed by atoms with Crippen LogP contribution in [0.25, 0.3) is 0 Å². The van der Waals surface area contributed by atoms with Crippen LogP contribution in [-0.2, 0) is 4.79 Å². The molecule has 1 atom stereocenters. The number of carbonyl (C=O) groups excluding carboxylic acids is 1. The maximum absolute atomic E-state index is 12.0. The summed E-state index contributed by atoms with van der Waals surface area (Å²) in [5.41, 5.74) is 0.527. The summed E-state index contributed by atoms with van der Waals surface area (Å²) >= 11 is 0. The Morgan fingerprint density at radius 1 is 1.52 bits per heavy atom. The first-order chi connectivity index (χ1) is 9.97. The van der Waals surface area contributed by atoms with E-state index in [4.69, 9.17) is 5.11 Å². The number of carbonyl (C=O) groups is 2. The Morgan fingerprint density at radius 2 is 2.29 bits per heavy atom. The second kappa shape index (κ2) is 6.53. The molecular formula is C14H20N4O3. The topological polar surface area (TPSA) is 94.6 Å². The third kappa shape index (κ3) is 3.91. The fourth-order valence-corrected chi connectivity index (χ4v) is 2.20. The van der Waals surface area contributed by atoms with Gasteiger partial charge >= 0.3 is 5.97 Å². The summed E-state index contributed by atoms with van der Waals surface area (Å²) in [5, 5.41) is 14.8. The third-order valence-corrected chi connectivity index (χ3v) is 3.22. The van der Waals surface area contributed by atoms with E-state index in [2.05, 4.69) is 15.6 Å². The molecule has 0 spiro atoms. The maximum Gasteiger partial charge on any atom is 0.322 e. The van der Waals surface area contributed by atoms with Gasteiger partial charge in [-0.3, -0.25) is 9.59 Å². The number of amides is 1. The van der Waals surface area contributed by atoms with Gasteiger partial charge in [0, 0.05) is 37.4 Å². The number of hydrogen-bond donors (Lipinski definition) is 3. The zero-order chi connectivity index (χ0) is 15.4. The Hall–Kier alpha value is -2.15. The van der Waals surface area contributed by atoms with E-state index in [0.717, 1.165) is 0 Å². The standard InChI is InChI=1S/C14H20N4O3/c1-9(2)17-13(19)10-3-4-16-12(7-10)18-6-5-15-11(8-18)14(20)21/h3-4,7,9,11,15H,5-6,8H2,1-2H3,(H,17,19)(H,20,21). The van der Waals surface area contributed by atoms with Crippen LogP contribution in [0.5, 0.6) is 0 Å². The quantitative estimate of drug-likeness (QED) is 0.728. The monoisotopic (exact) mass is 292 g/mol. The smallest absolute Gasteiger partial charge is 0.322 e. The van der Waals surface area contributed by atoms with Gasteiger partial charge in [-0.05, 0) is 26.0 Å². The highest BCUT2D eigenvalue weighted by molar-refractivity contribution is 5.95. The summed E-state index contributed by atoms with van der Waals surface area (Å²) in [5.74, 6) is -0.411. The zero-order valence-electron chi connectivity index (χ0n) is 12.2. The van der Waals surface area contributed by atoms with E-state index in [1.165, 1.54) is 0 Å². The van der Waals surface area contributed by atoms with Gasteiger partial charge in [-0.25, -0.2) is 4.98 Å². The average molecular weight is 292 g/mol. The van der Waals surface area contributed by atoms with Crippen molar-refractivity contribution in [3.05, 3.63) is 23.9 Å². The summed E-state index contributed by atoms with van der Waals surface area (Å²) in [6.07, 6.45) is 1.57. The minimum absolute atomic E-state index is 0.0599. The predicted octanol–water partition coefficient (Wildman–Crippen LogP) is 0.0826. The molecule has 0 aromatic carbocycles. The van der Waals surface area contributed by atoms with Crippen LogP contribution in [0.1, 0.15) is 24.2 Å². The van der Waals surface area contributed by atoms with Crippen molar-refractivity contribution in [2.24, 2.45) is 0 Å². The molecule has 1 saturated heterocycles. The minimum Gasteiger partial charge on any atom is -0.480 e. The fraction of sp³-hybridized carbons (Fsp3) is 0.500. The van der Waals surface area contributed by atoms with Gasteiger partial charge in [0.15, 0.2) is 0 Å². The molecule has 1 unspecified atom stereocenters.